The molecule has 1 N–H and O–H groups in total. The first-order valence-electron chi connectivity index (χ1n) is 16.8. The molecule has 268 valence electrons. The van der Waals surface area contributed by atoms with Crippen LogP contribution >= 0.6 is 0 Å². The second-order valence-corrected chi connectivity index (χ2v) is 13.3. The first-order chi connectivity index (χ1) is 23.7. The number of pyridine rings is 1. The van der Waals surface area contributed by atoms with Crippen LogP contribution in [0.1, 0.15) is 33.5 Å². The van der Waals surface area contributed by atoms with Gasteiger partial charge in [-0.05, 0) is 62.8 Å². The summed E-state index contributed by atoms with van der Waals surface area (Å²) < 4.78 is 66.5. The molecule has 3 atom stereocenters. The summed E-state index contributed by atoms with van der Waals surface area (Å²) >= 11 is 0. The molecule has 1 amide bonds. The van der Waals surface area contributed by atoms with Crippen LogP contribution in [-0.4, -0.2) is 101 Å². The van der Waals surface area contributed by atoms with E-state index in [1.165, 1.54) is 43.9 Å². The Balaban J connectivity index is 0.000000787. The maximum atomic E-state index is 16.6. The zero-order valence-corrected chi connectivity index (χ0v) is 27.8. The van der Waals surface area contributed by atoms with Crippen LogP contribution in [0.25, 0.3) is 32.9 Å². The topological polar surface area (TPSA) is 86.7 Å². The molecule has 0 unspecified atom stereocenters. The zero-order valence-electron chi connectivity index (χ0n) is 27.8. The Hall–Kier alpha value is -4.43. The van der Waals surface area contributed by atoms with Crippen molar-refractivity contribution in [3.8, 4) is 17.3 Å². The van der Waals surface area contributed by atoms with Crippen molar-refractivity contribution in [2.45, 2.75) is 49.9 Å². The van der Waals surface area contributed by atoms with Gasteiger partial charge in [-0.25, -0.2) is 17.6 Å². The normalized spacial score (nSPS) is 22.8. The van der Waals surface area contributed by atoms with Crippen molar-refractivity contribution in [3.05, 3.63) is 66.6 Å². The first-order valence-corrected chi connectivity index (χ1v) is 16.8. The van der Waals surface area contributed by atoms with Gasteiger partial charge in [0.05, 0.1) is 10.9 Å². The molecule has 0 bridgehead atoms. The standard InChI is InChI=1S/C33H32F4N6O2.C3H7N.FH.H2/c1-3-25(44)42-13-10-21(17-42)41(2)31-23-15-38-29(22-7-4-6-19-8-9-24(35)27(36)26(19)22)28(37)30(23)39-32(40-31)45-18-33-11-5-12-43(33)16-20(34)14-33;1-2-4-3-1;;/h3-4,6-9,15,20-21H,1,5,10-14,16-18H2,2H3;4H,1-3H2;2*1H/t20-,21-,33+;;;/m1.../s1. The molecule has 4 fully saturated rings. The van der Waals surface area contributed by atoms with Crippen molar-refractivity contribution in [1.29, 1.82) is 0 Å². The highest BCUT2D eigenvalue weighted by Gasteiger charge is 2.49. The van der Waals surface area contributed by atoms with E-state index < -0.39 is 29.2 Å². The van der Waals surface area contributed by atoms with Gasteiger partial charge >= 0.3 is 6.01 Å². The molecule has 8 rings (SSSR count). The highest BCUT2D eigenvalue weighted by molar-refractivity contribution is 5.99. The van der Waals surface area contributed by atoms with E-state index in [1.54, 1.807) is 24.1 Å². The van der Waals surface area contributed by atoms with E-state index >= 15 is 8.78 Å². The number of hydrogen-bond donors (Lipinski definition) is 1. The number of benzene rings is 2. The lowest BCUT2D eigenvalue weighted by Gasteiger charge is -2.31. The van der Waals surface area contributed by atoms with Crippen molar-refractivity contribution in [3.63, 3.8) is 0 Å². The SMILES string of the molecule is C1CNC1.C=CC(=O)N1CC[C@@H](N(C)c2nc(OC[C@@]34CCCN3C[C@H](F)C4)nc3c(F)c(-c4cccc5ccc(F)c(F)c45)ncc23)C1.F.[HH]. The van der Waals surface area contributed by atoms with Crippen LogP contribution in [0.15, 0.2) is 49.2 Å². The predicted octanol–water partition coefficient (Wildman–Crippen LogP) is 5.82. The van der Waals surface area contributed by atoms with Gasteiger partial charge in [-0.3, -0.25) is 19.4 Å². The van der Waals surface area contributed by atoms with E-state index in [9.17, 15) is 13.6 Å². The lowest BCUT2D eigenvalue weighted by molar-refractivity contribution is -0.125. The molecule has 4 aliphatic rings. The molecule has 2 aromatic carbocycles. The van der Waals surface area contributed by atoms with Crippen molar-refractivity contribution >= 4 is 33.4 Å². The fourth-order valence-electron chi connectivity index (χ4n) is 7.43. The monoisotopic (exact) mass is 699 g/mol. The van der Waals surface area contributed by atoms with Crippen LogP contribution < -0.4 is 15.0 Å². The van der Waals surface area contributed by atoms with Crippen molar-refractivity contribution in [2.24, 2.45) is 0 Å². The summed E-state index contributed by atoms with van der Waals surface area (Å²) in [6, 6.07) is 6.93. The Morgan fingerprint density at radius 1 is 1.14 bits per heavy atom. The van der Waals surface area contributed by atoms with E-state index in [0.717, 1.165) is 25.5 Å². The van der Waals surface area contributed by atoms with Crippen LogP contribution in [0.3, 0.4) is 0 Å². The molecule has 0 saturated carbocycles. The maximum Gasteiger partial charge on any atom is 0.319 e. The van der Waals surface area contributed by atoms with E-state index in [0.29, 0.717) is 43.7 Å². The van der Waals surface area contributed by atoms with Crippen LogP contribution in [0.5, 0.6) is 6.01 Å². The number of carbonyl (C=O) groups excluding carboxylic acids is 1. The molecule has 0 spiro atoms. The second-order valence-electron chi connectivity index (χ2n) is 13.3. The fourth-order valence-corrected chi connectivity index (χ4v) is 7.43. The highest BCUT2D eigenvalue weighted by Crippen LogP contribution is 2.41. The number of ether oxygens (including phenoxy) is 1. The van der Waals surface area contributed by atoms with Crippen LogP contribution in [0.4, 0.5) is 28.1 Å². The summed E-state index contributed by atoms with van der Waals surface area (Å²) in [4.78, 5) is 31.4. The van der Waals surface area contributed by atoms with Gasteiger partial charge in [0.2, 0.25) is 5.91 Å². The summed E-state index contributed by atoms with van der Waals surface area (Å²) in [6.45, 7) is 8.28. The van der Waals surface area contributed by atoms with Gasteiger partial charge in [-0.2, -0.15) is 9.97 Å². The number of nitrogens with one attached hydrogen (secondary N) is 1. The molecule has 0 aliphatic carbocycles. The number of hydrogen-bond acceptors (Lipinski definition) is 8. The number of likely N-dealkylation sites (tertiary alicyclic amines) is 1. The Labute approximate surface area is 288 Å². The third kappa shape index (κ3) is 6.46. The Bertz CT molecular complexity index is 1910. The Morgan fingerprint density at radius 2 is 1.92 bits per heavy atom. The van der Waals surface area contributed by atoms with Crippen LogP contribution in [0, 0.1) is 17.5 Å². The number of amides is 1. The molecule has 4 saturated heterocycles. The predicted molar refractivity (Wildman–Crippen MR) is 184 cm³/mol. The molecular weight excluding hydrogens is 657 g/mol. The highest BCUT2D eigenvalue weighted by atomic mass is 19.2. The van der Waals surface area contributed by atoms with Crippen molar-refractivity contribution in [1.82, 2.24) is 30.1 Å². The third-order valence-electron chi connectivity index (χ3n) is 10.3. The van der Waals surface area contributed by atoms with Gasteiger partial charge in [-0.1, -0.05) is 30.8 Å². The minimum absolute atomic E-state index is 0. The van der Waals surface area contributed by atoms with E-state index in [1.807, 2.05) is 4.90 Å². The number of halogens is 5. The maximum absolute atomic E-state index is 16.6. The van der Waals surface area contributed by atoms with Gasteiger partial charge in [0.1, 0.15) is 29.8 Å². The van der Waals surface area contributed by atoms with Gasteiger partial charge in [0, 0.05) is 57.7 Å². The second kappa shape index (κ2) is 14.4. The Morgan fingerprint density at radius 3 is 2.66 bits per heavy atom. The average molecular weight is 700 g/mol. The quantitative estimate of drug-likeness (QED) is 0.191. The zero-order chi connectivity index (χ0) is 34.3. The number of likely N-dealkylation sites (N-methyl/N-ethyl adjacent to an activating group) is 1. The molecule has 6 heterocycles. The smallest absolute Gasteiger partial charge is 0.319 e. The van der Waals surface area contributed by atoms with Gasteiger partial charge < -0.3 is 19.9 Å². The van der Waals surface area contributed by atoms with Gasteiger partial charge in [-0.15, -0.1) is 0 Å². The minimum atomic E-state index is -1.10. The van der Waals surface area contributed by atoms with E-state index in [-0.39, 0.29) is 58.2 Å². The largest absolute Gasteiger partial charge is 0.461 e. The van der Waals surface area contributed by atoms with Crippen LogP contribution in [-0.2, 0) is 4.79 Å². The molecule has 50 heavy (non-hydrogen) atoms. The third-order valence-corrected chi connectivity index (χ3v) is 10.3. The number of anilines is 1. The summed E-state index contributed by atoms with van der Waals surface area (Å²) in [5, 5.41) is 3.70. The van der Waals surface area contributed by atoms with E-state index in [2.05, 4.69) is 31.7 Å². The lowest BCUT2D eigenvalue weighted by Crippen LogP contribution is -2.43. The molecule has 2 aromatic heterocycles. The lowest BCUT2D eigenvalue weighted by atomic mass is 9.95. The number of fused-ring (bicyclic) bond motifs is 3. The molecule has 4 aromatic rings. The summed E-state index contributed by atoms with van der Waals surface area (Å²) in [5.74, 6) is -2.83. The number of aromatic nitrogens is 3. The minimum Gasteiger partial charge on any atom is -0.461 e. The summed E-state index contributed by atoms with van der Waals surface area (Å²) in [7, 11) is 1.80. The number of rotatable bonds is 7. The van der Waals surface area contributed by atoms with Gasteiger partial charge in [0.15, 0.2) is 17.5 Å². The molecule has 4 aliphatic heterocycles. The fraction of sp³-hybridized carbons (Fsp3) is 0.444. The average Bonchev–Trinajstić information content (AvgIpc) is 3.79. The van der Waals surface area contributed by atoms with Crippen LogP contribution in [0.2, 0.25) is 0 Å². The summed E-state index contributed by atoms with van der Waals surface area (Å²) in [5.41, 5.74) is -0.702. The van der Waals surface area contributed by atoms with Gasteiger partial charge in [0.25, 0.3) is 0 Å². The number of alkyl halides is 1. The van der Waals surface area contributed by atoms with Crippen molar-refractivity contribution in [2.75, 3.05) is 57.8 Å². The number of carbonyl (C=O) groups is 1. The summed E-state index contributed by atoms with van der Waals surface area (Å²) in [6.07, 6.45) is 5.81. The number of nitrogens with zero attached hydrogens (tertiary/aromatic N) is 6. The van der Waals surface area contributed by atoms with Crippen molar-refractivity contribution < 1.29 is 33.2 Å². The van der Waals surface area contributed by atoms with E-state index in [4.69, 9.17) is 4.74 Å². The first kappa shape index (κ1) is 35.4. The molecular formula is C36H42F5N7O2. The molecule has 14 heteroatoms. The Kier molecular flexibility index (Phi) is 10.2. The molecule has 9 nitrogen and oxygen atoms in total. The molecule has 0 radical (unpaired) electrons.